The molecule has 0 amide bonds. The molecule has 2 aromatic rings. The molecule has 126 valence electrons. The van der Waals surface area contributed by atoms with Crippen LogP contribution < -0.4 is 10.2 Å². The average molecular weight is 406 g/mol. The van der Waals surface area contributed by atoms with Crippen molar-refractivity contribution in [1.82, 2.24) is 14.9 Å². The van der Waals surface area contributed by atoms with Gasteiger partial charge in [-0.2, -0.15) is 0 Å². The van der Waals surface area contributed by atoms with Gasteiger partial charge in [0.2, 0.25) is 5.95 Å². The van der Waals surface area contributed by atoms with Gasteiger partial charge in [0.05, 0.1) is 4.47 Å². The van der Waals surface area contributed by atoms with Gasteiger partial charge in [0, 0.05) is 44.3 Å². The Labute approximate surface area is 156 Å². The lowest BCUT2D eigenvalue weighted by Crippen LogP contribution is -2.50. The third-order valence-corrected chi connectivity index (χ3v) is 4.70. The molecule has 1 aliphatic rings. The van der Waals surface area contributed by atoms with Crippen molar-refractivity contribution in [3.63, 3.8) is 0 Å². The lowest BCUT2D eigenvalue weighted by Gasteiger charge is -2.36. The molecule has 1 fully saturated rings. The zero-order valence-electron chi connectivity index (χ0n) is 13.8. The first-order chi connectivity index (χ1) is 11.5. The Bertz CT molecular complexity index is 706. The predicted molar refractivity (Wildman–Crippen MR) is 106 cm³/mol. The van der Waals surface area contributed by atoms with Crippen molar-refractivity contribution in [3.8, 4) is 0 Å². The van der Waals surface area contributed by atoms with Gasteiger partial charge in [-0.05, 0) is 65.3 Å². The number of halogens is 1. The highest BCUT2D eigenvalue weighted by molar-refractivity contribution is 9.10. The van der Waals surface area contributed by atoms with Gasteiger partial charge in [-0.25, -0.2) is 9.97 Å². The number of aryl methyl sites for hydroxylation is 2. The average Bonchev–Trinajstić information content (AvgIpc) is 2.55. The third-order valence-electron chi connectivity index (χ3n) is 3.93. The molecule has 2 heterocycles. The first kappa shape index (κ1) is 17.1. The topological polar surface area (TPSA) is 44.3 Å². The molecule has 0 unspecified atom stereocenters. The number of aromatic nitrogens is 2. The van der Waals surface area contributed by atoms with Crippen molar-refractivity contribution in [2.75, 3.05) is 36.4 Å². The Morgan fingerprint density at radius 2 is 1.62 bits per heavy atom. The van der Waals surface area contributed by atoms with E-state index in [2.05, 4.69) is 73.1 Å². The van der Waals surface area contributed by atoms with E-state index >= 15 is 0 Å². The second kappa shape index (κ2) is 7.44. The summed E-state index contributed by atoms with van der Waals surface area (Å²) in [7, 11) is 0. The molecular weight excluding hydrogens is 386 g/mol. The van der Waals surface area contributed by atoms with E-state index in [-0.39, 0.29) is 0 Å². The number of nitrogens with zero attached hydrogens (tertiary/aromatic N) is 4. The summed E-state index contributed by atoms with van der Waals surface area (Å²) in [6.07, 6.45) is 3.56. The second-order valence-electron chi connectivity index (χ2n) is 5.98. The van der Waals surface area contributed by atoms with Gasteiger partial charge in [-0.15, -0.1) is 0 Å². The number of piperazine rings is 1. The van der Waals surface area contributed by atoms with E-state index in [1.165, 1.54) is 11.1 Å². The molecule has 0 saturated carbocycles. The van der Waals surface area contributed by atoms with Crippen molar-refractivity contribution in [1.29, 1.82) is 0 Å². The molecule has 1 aliphatic heterocycles. The quantitative estimate of drug-likeness (QED) is 0.772. The minimum Gasteiger partial charge on any atom is -0.345 e. The van der Waals surface area contributed by atoms with E-state index in [1.807, 2.05) is 0 Å². The zero-order chi connectivity index (χ0) is 17.1. The molecule has 0 spiro atoms. The summed E-state index contributed by atoms with van der Waals surface area (Å²) in [5.41, 5.74) is 3.52. The number of anilines is 2. The van der Waals surface area contributed by atoms with Crippen molar-refractivity contribution >= 4 is 44.9 Å². The van der Waals surface area contributed by atoms with Crippen LogP contribution in [0.5, 0.6) is 0 Å². The van der Waals surface area contributed by atoms with Gasteiger partial charge < -0.3 is 15.1 Å². The summed E-state index contributed by atoms with van der Waals surface area (Å²) < 4.78 is 0.892. The Hall–Kier alpha value is -1.73. The van der Waals surface area contributed by atoms with Gasteiger partial charge in [0.1, 0.15) is 0 Å². The number of benzene rings is 1. The molecule has 0 radical (unpaired) electrons. The fraction of sp³-hybridized carbons (Fsp3) is 0.353. The molecule has 0 aliphatic carbocycles. The van der Waals surface area contributed by atoms with Crippen LogP contribution in [0.3, 0.4) is 0 Å². The van der Waals surface area contributed by atoms with E-state index in [0.29, 0.717) is 0 Å². The highest BCUT2D eigenvalue weighted by Crippen LogP contribution is 2.16. The number of rotatable bonds is 2. The van der Waals surface area contributed by atoms with Crippen LogP contribution in [0.1, 0.15) is 11.1 Å². The van der Waals surface area contributed by atoms with E-state index < -0.39 is 0 Å². The lowest BCUT2D eigenvalue weighted by molar-refractivity contribution is 0.388. The van der Waals surface area contributed by atoms with Crippen molar-refractivity contribution < 1.29 is 0 Å². The monoisotopic (exact) mass is 405 g/mol. The van der Waals surface area contributed by atoms with Crippen LogP contribution in [0.2, 0.25) is 0 Å². The molecule has 0 bridgehead atoms. The highest BCUT2D eigenvalue weighted by atomic mass is 79.9. The van der Waals surface area contributed by atoms with Crippen LogP contribution in [0.15, 0.2) is 35.1 Å². The van der Waals surface area contributed by atoms with Crippen LogP contribution in [0.4, 0.5) is 11.6 Å². The summed E-state index contributed by atoms with van der Waals surface area (Å²) in [6.45, 7) is 7.62. The number of thiocarbonyl (C=S) groups is 1. The minimum atomic E-state index is 0.769. The molecular formula is C17H20BrN5S. The smallest absolute Gasteiger partial charge is 0.225 e. The van der Waals surface area contributed by atoms with Crippen molar-refractivity contribution in [2.45, 2.75) is 13.8 Å². The molecule has 3 rings (SSSR count). The summed E-state index contributed by atoms with van der Waals surface area (Å²) in [5, 5.41) is 4.13. The molecule has 5 nitrogen and oxygen atoms in total. The first-order valence-corrected chi connectivity index (χ1v) is 9.08. The van der Waals surface area contributed by atoms with Crippen LogP contribution in [-0.2, 0) is 0 Å². The maximum Gasteiger partial charge on any atom is 0.225 e. The van der Waals surface area contributed by atoms with Crippen LogP contribution in [0.25, 0.3) is 0 Å². The van der Waals surface area contributed by atoms with E-state index in [1.54, 1.807) is 12.4 Å². The third kappa shape index (κ3) is 4.21. The standard InChI is InChI=1S/C17H20BrN5S/c1-12-7-13(2)9-15(8-12)21-17(24)23-5-3-22(4-6-23)16-19-10-14(18)11-20-16/h7-11H,3-6H2,1-2H3,(H,21,24). The van der Waals surface area contributed by atoms with Gasteiger partial charge in [-0.1, -0.05) is 6.07 Å². The molecule has 1 aromatic carbocycles. The Morgan fingerprint density at radius 1 is 1.04 bits per heavy atom. The Balaban J connectivity index is 1.57. The van der Waals surface area contributed by atoms with Gasteiger partial charge >= 0.3 is 0 Å². The largest absolute Gasteiger partial charge is 0.345 e. The summed E-state index contributed by atoms with van der Waals surface area (Å²) in [4.78, 5) is 13.1. The minimum absolute atomic E-state index is 0.769. The van der Waals surface area contributed by atoms with Gasteiger partial charge in [-0.3, -0.25) is 0 Å². The van der Waals surface area contributed by atoms with Crippen LogP contribution >= 0.6 is 28.1 Å². The fourth-order valence-corrected chi connectivity index (χ4v) is 3.33. The first-order valence-electron chi connectivity index (χ1n) is 7.88. The molecule has 1 aromatic heterocycles. The number of hydrogen-bond donors (Lipinski definition) is 1. The Kier molecular flexibility index (Phi) is 5.30. The molecule has 0 atom stereocenters. The van der Waals surface area contributed by atoms with Gasteiger partial charge in [0.25, 0.3) is 0 Å². The SMILES string of the molecule is Cc1cc(C)cc(NC(=S)N2CCN(c3ncc(Br)cn3)CC2)c1. The molecule has 1 N–H and O–H groups in total. The second-order valence-corrected chi connectivity index (χ2v) is 7.28. The van der Waals surface area contributed by atoms with Crippen LogP contribution in [0, 0.1) is 13.8 Å². The van der Waals surface area contributed by atoms with Crippen molar-refractivity contribution in [3.05, 3.63) is 46.2 Å². The van der Waals surface area contributed by atoms with E-state index in [0.717, 1.165) is 47.4 Å². The summed E-state index contributed by atoms with van der Waals surface area (Å²) in [6, 6.07) is 6.39. The highest BCUT2D eigenvalue weighted by Gasteiger charge is 2.20. The summed E-state index contributed by atoms with van der Waals surface area (Å²) >= 11 is 8.94. The van der Waals surface area contributed by atoms with E-state index in [4.69, 9.17) is 12.2 Å². The zero-order valence-corrected chi connectivity index (χ0v) is 16.2. The number of nitrogens with one attached hydrogen (secondary N) is 1. The van der Waals surface area contributed by atoms with Crippen LogP contribution in [-0.4, -0.2) is 46.2 Å². The van der Waals surface area contributed by atoms with E-state index in [9.17, 15) is 0 Å². The molecule has 24 heavy (non-hydrogen) atoms. The summed E-state index contributed by atoms with van der Waals surface area (Å²) in [5.74, 6) is 0.769. The predicted octanol–water partition coefficient (Wildman–Crippen LogP) is 3.37. The normalized spacial score (nSPS) is 14.6. The van der Waals surface area contributed by atoms with Gasteiger partial charge in [0.15, 0.2) is 5.11 Å². The Morgan fingerprint density at radius 3 is 2.21 bits per heavy atom. The molecule has 1 saturated heterocycles. The molecule has 7 heteroatoms. The van der Waals surface area contributed by atoms with Crippen molar-refractivity contribution in [2.24, 2.45) is 0 Å². The maximum atomic E-state index is 5.57. The fourth-order valence-electron chi connectivity index (χ4n) is 2.83. The maximum absolute atomic E-state index is 5.57. The lowest BCUT2D eigenvalue weighted by atomic mass is 10.1. The number of hydrogen-bond acceptors (Lipinski definition) is 4.